The average Bonchev–Trinajstić information content (AvgIpc) is 3.35. The number of anilines is 4. The summed E-state index contributed by atoms with van der Waals surface area (Å²) in [5.74, 6) is 0.676. The summed E-state index contributed by atoms with van der Waals surface area (Å²) < 4.78 is 56.7. The molecule has 230 valence electrons. The molecule has 13 heteroatoms. The van der Waals surface area contributed by atoms with Crippen LogP contribution in [0.25, 0.3) is 22.2 Å². The van der Waals surface area contributed by atoms with Gasteiger partial charge in [-0.3, -0.25) is 9.35 Å². The van der Waals surface area contributed by atoms with Gasteiger partial charge in [-0.15, -0.1) is 0 Å². The number of aromatic nitrogens is 3. The SMILES string of the molecule is CS(=O)(=O)O.[2H]C([2H])([2H])N(C)CCN(C)c1cc(OC)c(Nc2nccc(-c3cn4c5c(cccc35)CCC4)n2)cc1NC(C)=O. The summed E-state index contributed by atoms with van der Waals surface area (Å²) >= 11 is 0. The Kier molecular flexibility index (Phi) is 8.61. The molecule has 0 saturated carbocycles. The zero-order valence-corrected chi connectivity index (χ0v) is 25.7. The number of benzene rings is 2. The van der Waals surface area contributed by atoms with Crippen molar-refractivity contribution in [3.05, 3.63) is 54.4 Å². The summed E-state index contributed by atoms with van der Waals surface area (Å²) in [7, 11) is 1.30. The number of likely N-dealkylation sites (N-methyl/N-ethyl adjacent to an activating group) is 2. The van der Waals surface area contributed by atoms with E-state index in [2.05, 4.69) is 44.6 Å². The summed E-state index contributed by atoms with van der Waals surface area (Å²) in [4.78, 5) is 24.6. The van der Waals surface area contributed by atoms with Crippen molar-refractivity contribution in [1.29, 1.82) is 0 Å². The minimum Gasteiger partial charge on any atom is -0.494 e. The van der Waals surface area contributed by atoms with Crippen molar-refractivity contribution >= 4 is 49.9 Å². The van der Waals surface area contributed by atoms with Crippen LogP contribution < -0.4 is 20.3 Å². The summed E-state index contributed by atoms with van der Waals surface area (Å²) in [5, 5.41) is 7.33. The van der Waals surface area contributed by atoms with E-state index in [1.54, 1.807) is 32.5 Å². The summed E-state index contributed by atoms with van der Waals surface area (Å²) in [6.07, 6.45) is 6.81. The molecule has 5 rings (SSSR count). The number of nitrogens with zero attached hydrogens (tertiary/aromatic N) is 5. The second-order valence-corrected chi connectivity index (χ2v) is 11.8. The van der Waals surface area contributed by atoms with E-state index >= 15 is 0 Å². The quantitative estimate of drug-likeness (QED) is 0.235. The summed E-state index contributed by atoms with van der Waals surface area (Å²) in [6.45, 7) is 0.953. The van der Waals surface area contributed by atoms with E-state index in [4.69, 9.17) is 18.4 Å². The lowest BCUT2D eigenvalue weighted by Gasteiger charge is -2.25. The Labute approximate surface area is 256 Å². The second kappa shape index (κ2) is 13.4. The number of carbonyl (C=O) groups is 1. The Morgan fingerprint density at radius 3 is 2.67 bits per heavy atom. The van der Waals surface area contributed by atoms with Crippen LogP contribution in [-0.4, -0.2) is 85.8 Å². The lowest BCUT2D eigenvalue weighted by Crippen LogP contribution is -2.29. The Morgan fingerprint density at radius 2 is 1.98 bits per heavy atom. The molecule has 0 radical (unpaired) electrons. The molecule has 43 heavy (non-hydrogen) atoms. The maximum atomic E-state index is 12.1. The van der Waals surface area contributed by atoms with E-state index in [0.29, 0.717) is 48.1 Å². The van der Waals surface area contributed by atoms with Crippen molar-refractivity contribution in [2.75, 3.05) is 63.1 Å². The summed E-state index contributed by atoms with van der Waals surface area (Å²) in [5.41, 5.74) is 6.30. The maximum absolute atomic E-state index is 12.1. The molecule has 0 fully saturated rings. The lowest BCUT2D eigenvalue weighted by molar-refractivity contribution is -0.114. The van der Waals surface area contributed by atoms with Crippen LogP contribution in [0.5, 0.6) is 5.75 Å². The number of aryl methyl sites for hydroxylation is 2. The third-order valence-corrected chi connectivity index (χ3v) is 6.82. The first kappa shape index (κ1) is 27.6. The van der Waals surface area contributed by atoms with E-state index in [0.717, 1.165) is 30.6 Å². The van der Waals surface area contributed by atoms with Crippen LogP contribution in [0.15, 0.2) is 48.8 Å². The van der Waals surface area contributed by atoms with E-state index in [-0.39, 0.29) is 5.91 Å². The zero-order chi connectivity index (χ0) is 33.8. The molecule has 0 spiro atoms. The van der Waals surface area contributed by atoms with E-state index in [9.17, 15) is 13.2 Å². The predicted molar refractivity (Wildman–Crippen MR) is 171 cm³/mol. The number of nitrogens with one attached hydrogen (secondary N) is 2. The van der Waals surface area contributed by atoms with Gasteiger partial charge in [0.15, 0.2) is 0 Å². The highest BCUT2D eigenvalue weighted by Crippen LogP contribution is 2.39. The van der Waals surface area contributed by atoms with Crippen LogP contribution in [0, 0.1) is 0 Å². The molecule has 2 aromatic carbocycles. The molecule has 0 atom stereocenters. The molecule has 3 heterocycles. The van der Waals surface area contributed by atoms with Crippen molar-refractivity contribution in [3.63, 3.8) is 0 Å². The van der Waals surface area contributed by atoms with Gasteiger partial charge < -0.3 is 29.7 Å². The lowest BCUT2D eigenvalue weighted by atomic mass is 10.0. The Hall–Kier alpha value is -4.20. The topological polar surface area (TPSA) is 142 Å². The highest BCUT2D eigenvalue weighted by Gasteiger charge is 2.19. The highest BCUT2D eigenvalue weighted by atomic mass is 32.2. The molecule has 0 bridgehead atoms. The second-order valence-electron chi connectivity index (χ2n) is 10.4. The monoisotopic (exact) mass is 612 g/mol. The molecule has 12 nitrogen and oxygen atoms in total. The normalized spacial score (nSPS) is 13.8. The van der Waals surface area contributed by atoms with Gasteiger partial charge in [0.2, 0.25) is 11.9 Å². The Balaban J connectivity index is 0.000000892. The molecule has 0 saturated heterocycles. The third-order valence-electron chi connectivity index (χ3n) is 6.82. The number of hydrogen-bond acceptors (Lipinski definition) is 9. The predicted octanol–water partition coefficient (Wildman–Crippen LogP) is 4.26. The third kappa shape index (κ3) is 8.21. The Bertz CT molecular complexity index is 1820. The smallest absolute Gasteiger partial charge is 0.261 e. The van der Waals surface area contributed by atoms with Gasteiger partial charge in [-0.2, -0.15) is 8.42 Å². The van der Waals surface area contributed by atoms with Crippen LogP contribution in [0.3, 0.4) is 0 Å². The molecule has 4 aromatic rings. The fourth-order valence-corrected chi connectivity index (χ4v) is 5.01. The molecular formula is C30H39N7O5S. The highest BCUT2D eigenvalue weighted by molar-refractivity contribution is 7.85. The van der Waals surface area contributed by atoms with Crippen LogP contribution in [0.2, 0.25) is 0 Å². The van der Waals surface area contributed by atoms with Crippen LogP contribution in [-0.2, 0) is 27.9 Å². The van der Waals surface area contributed by atoms with Crippen LogP contribution >= 0.6 is 0 Å². The van der Waals surface area contributed by atoms with E-state index in [1.165, 1.54) is 28.3 Å². The molecular weight excluding hydrogens is 570 g/mol. The van der Waals surface area contributed by atoms with Gasteiger partial charge in [-0.05, 0) is 44.6 Å². The van der Waals surface area contributed by atoms with Gasteiger partial charge in [-0.1, -0.05) is 18.2 Å². The first-order chi connectivity index (χ1) is 21.5. The number of methoxy groups -OCH3 is 1. The fourth-order valence-electron chi connectivity index (χ4n) is 5.01. The number of amides is 1. The average molecular weight is 613 g/mol. The van der Waals surface area contributed by atoms with Crippen molar-refractivity contribution in [2.24, 2.45) is 0 Å². The maximum Gasteiger partial charge on any atom is 0.261 e. The zero-order valence-electron chi connectivity index (χ0n) is 27.9. The van der Waals surface area contributed by atoms with Crippen molar-refractivity contribution in [1.82, 2.24) is 19.4 Å². The first-order valence-corrected chi connectivity index (χ1v) is 15.5. The van der Waals surface area contributed by atoms with Gasteiger partial charge in [-0.25, -0.2) is 9.97 Å². The number of hydrogen-bond donors (Lipinski definition) is 3. The molecule has 1 aliphatic heterocycles. The minimum absolute atomic E-state index is 0.234. The van der Waals surface area contributed by atoms with Crippen LogP contribution in [0.1, 0.15) is 23.0 Å². The number of rotatable bonds is 9. The van der Waals surface area contributed by atoms with Gasteiger partial charge >= 0.3 is 0 Å². The van der Waals surface area contributed by atoms with Crippen molar-refractivity contribution in [3.8, 4) is 17.0 Å². The molecule has 3 N–H and O–H groups in total. The number of para-hydroxylation sites is 1. The first-order valence-electron chi connectivity index (χ1n) is 15.1. The van der Waals surface area contributed by atoms with E-state index < -0.39 is 17.1 Å². The van der Waals surface area contributed by atoms with Gasteiger partial charge in [0, 0.05) is 67.1 Å². The van der Waals surface area contributed by atoms with Gasteiger partial charge in [0.1, 0.15) is 5.75 Å². The standard InChI is InChI=1S/C29H35N7O2.CH4O3S/c1-19(37)31-24-16-25(27(38-5)17-26(24)35(4)15-14-34(2)3)33-29-30-12-11-23(32-29)22-18-36-13-7-9-20-8-6-10-21(22)28(20)36;1-5(2,3)4/h6,8,10-12,16-18H,7,9,13-15H2,1-5H3,(H,31,37)(H,30,32,33);1H3,(H,2,3,4)/i2D3;. The largest absolute Gasteiger partial charge is 0.494 e. The number of ether oxygens (including phenoxy) is 1. The molecule has 1 aliphatic rings. The summed E-state index contributed by atoms with van der Waals surface area (Å²) in [6, 6.07) is 11.9. The van der Waals surface area contributed by atoms with E-state index in [1.807, 2.05) is 18.0 Å². The van der Waals surface area contributed by atoms with Gasteiger partial charge in [0.05, 0.1) is 41.6 Å². The fraction of sp³-hybridized carbons (Fsp3) is 0.367. The minimum atomic E-state index is -3.67. The Morgan fingerprint density at radius 1 is 1.21 bits per heavy atom. The van der Waals surface area contributed by atoms with Crippen molar-refractivity contribution in [2.45, 2.75) is 26.3 Å². The molecule has 0 aliphatic carbocycles. The van der Waals surface area contributed by atoms with Crippen LogP contribution in [0.4, 0.5) is 23.0 Å². The molecule has 0 unspecified atom stereocenters. The molecule has 2 aromatic heterocycles. The number of carbonyl (C=O) groups excluding carboxylic acids is 1. The van der Waals surface area contributed by atoms with Crippen molar-refractivity contribution < 1.29 is 26.6 Å². The molecule has 1 amide bonds. The van der Waals surface area contributed by atoms with Gasteiger partial charge in [0.25, 0.3) is 10.1 Å².